The van der Waals surface area contributed by atoms with Crippen LogP contribution in [0.15, 0.2) is 24.3 Å². The molecule has 1 rings (SSSR count). The predicted molar refractivity (Wildman–Crippen MR) is 83.4 cm³/mol. The number of hydrogen-bond acceptors (Lipinski definition) is 2. The number of aliphatic carboxylic acids is 1. The summed E-state index contributed by atoms with van der Waals surface area (Å²) in [6.07, 6.45) is 2.01. The second-order valence-corrected chi connectivity index (χ2v) is 6.59. The lowest BCUT2D eigenvalue weighted by molar-refractivity contribution is -0.139. The van der Waals surface area contributed by atoms with Crippen LogP contribution in [0.4, 0.5) is 0 Å². The minimum absolute atomic E-state index is 0.140. The molecule has 1 aromatic rings. The van der Waals surface area contributed by atoms with Crippen molar-refractivity contribution in [3.63, 3.8) is 0 Å². The Balaban J connectivity index is 2.82. The quantitative estimate of drug-likeness (QED) is 0.845. The molecule has 0 unspecified atom stereocenters. The van der Waals surface area contributed by atoms with Crippen molar-refractivity contribution in [1.82, 2.24) is 5.32 Å². The highest BCUT2D eigenvalue weighted by Gasteiger charge is 2.20. The van der Waals surface area contributed by atoms with E-state index < -0.39 is 12.0 Å². The third-order valence-corrected chi connectivity index (χ3v) is 3.10. The van der Waals surface area contributed by atoms with Gasteiger partial charge in [-0.1, -0.05) is 46.2 Å². The molecule has 0 fully saturated rings. The first-order valence-electron chi connectivity index (χ1n) is 7.35. The van der Waals surface area contributed by atoms with Gasteiger partial charge in [-0.3, -0.25) is 4.79 Å². The Hall–Kier alpha value is -1.84. The molecule has 0 saturated carbocycles. The zero-order valence-corrected chi connectivity index (χ0v) is 13.3. The van der Waals surface area contributed by atoms with Gasteiger partial charge in [0.2, 0.25) is 0 Å². The normalized spacial score (nSPS) is 12.8. The Morgan fingerprint density at radius 2 is 1.95 bits per heavy atom. The first-order valence-corrected chi connectivity index (χ1v) is 7.35. The van der Waals surface area contributed by atoms with Crippen LogP contribution in [0.2, 0.25) is 0 Å². The minimum atomic E-state index is -0.990. The van der Waals surface area contributed by atoms with Gasteiger partial charge in [-0.15, -0.1) is 0 Å². The molecule has 0 radical (unpaired) electrons. The molecule has 0 saturated heterocycles. The van der Waals surface area contributed by atoms with E-state index in [1.807, 2.05) is 25.1 Å². The highest BCUT2D eigenvalue weighted by atomic mass is 16.4. The van der Waals surface area contributed by atoms with Crippen LogP contribution >= 0.6 is 0 Å². The van der Waals surface area contributed by atoms with Crippen LogP contribution in [-0.4, -0.2) is 23.0 Å². The molecule has 21 heavy (non-hydrogen) atoms. The SMILES string of the molecule is CCC[C@@H](NC(=O)c1cccc(CC(C)(C)C)c1)C(=O)O. The maximum atomic E-state index is 12.2. The topological polar surface area (TPSA) is 66.4 Å². The van der Waals surface area contributed by atoms with Gasteiger partial charge in [0.25, 0.3) is 5.91 Å². The molecule has 116 valence electrons. The third kappa shape index (κ3) is 5.98. The lowest BCUT2D eigenvalue weighted by atomic mass is 9.87. The number of carbonyl (C=O) groups excluding carboxylic acids is 1. The highest BCUT2D eigenvalue weighted by Crippen LogP contribution is 2.21. The van der Waals surface area contributed by atoms with Crippen LogP contribution in [-0.2, 0) is 11.2 Å². The average molecular weight is 291 g/mol. The molecule has 2 N–H and O–H groups in total. The van der Waals surface area contributed by atoms with Crippen LogP contribution < -0.4 is 5.32 Å². The molecule has 0 heterocycles. The molecular weight excluding hydrogens is 266 g/mol. The van der Waals surface area contributed by atoms with Gasteiger partial charge in [-0.2, -0.15) is 0 Å². The largest absolute Gasteiger partial charge is 0.480 e. The molecule has 4 nitrogen and oxygen atoms in total. The number of carboxylic acid groups (broad SMARTS) is 1. The van der Waals surface area contributed by atoms with E-state index in [2.05, 4.69) is 26.1 Å². The zero-order valence-electron chi connectivity index (χ0n) is 13.3. The Morgan fingerprint density at radius 3 is 2.48 bits per heavy atom. The summed E-state index contributed by atoms with van der Waals surface area (Å²) in [7, 11) is 0. The smallest absolute Gasteiger partial charge is 0.326 e. The van der Waals surface area contributed by atoms with Gasteiger partial charge in [0.15, 0.2) is 0 Å². The highest BCUT2D eigenvalue weighted by molar-refractivity contribution is 5.96. The number of rotatable bonds is 6. The maximum Gasteiger partial charge on any atom is 0.326 e. The van der Waals surface area contributed by atoms with Gasteiger partial charge in [-0.05, 0) is 36.0 Å². The Kier molecular flexibility index (Phi) is 5.94. The molecule has 1 amide bonds. The summed E-state index contributed by atoms with van der Waals surface area (Å²) < 4.78 is 0. The van der Waals surface area contributed by atoms with Crippen molar-refractivity contribution in [1.29, 1.82) is 0 Å². The van der Waals surface area contributed by atoms with Crippen molar-refractivity contribution in [2.75, 3.05) is 0 Å². The summed E-state index contributed by atoms with van der Waals surface area (Å²) in [6.45, 7) is 8.32. The Bertz CT molecular complexity index is 503. The second-order valence-electron chi connectivity index (χ2n) is 6.59. The summed E-state index contributed by atoms with van der Waals surface area (Å²) in [5.74, 6) is -1.32. The molecule has 0 aliphatic carbocycles. The van der Waals surface area contributed by atoms with E-state index in [1.54, 1.807) is 6.07 Å². The fourth-order valence-electron chi connectivity index (χ4n) is 2.22. The van der Waals surface area contributed by atoms with Gasteiger partial charge in [0.05, 0.1) is 0 Å². The molecular formula is C17H25NO3. The van der Waals surface area contributed by atoms with Crippen LogP contribution in [0.3, 0.4) is 0 Å². The third-order valence-electron chi connectivity index (χ3n) is 3.10. The maximum absolute atomic E-state index is 12.2. The lowest BCUT2D eigenvalue weighted by Gasteiger charge is -2.19. The number of amides is 1. The van der Waals surface area contributed by atoms with Crippen LogP contribution in [0, 0.1) is 5.41 Å². The molecule has 0 aliphatic heterocycles. The van der Waals surface area contributed by atoms with E-state index in [9.17, 15) is 9.59 Å². The molecule has 1 atom stereocenters. The zero-order chi connectivity index (χ0) is 16.0. The summed E-state index contributed by atoms with van der Waals surface area (Å²) in [5.41, 5.74) is 1.73. The number of carbonyl (C=O) groups is 2. The van der Waals surface area contributed by atoms with Crippen molar-refractivity contribution in [3.8, 4) is 0 Å². The minimum Gasteiger partial charge on any atom is -0.480 e. The first-order chi connectivity index (χ1) is 9.73. The molecule has 4 heteroatoms. The number of carboxylic acids is 1. The van der Waals surface area contributed by atoms with Crippen molar-refractivity contribution < 1.29 is 14.7 Å². The lowest BCUT2D eigenvalue weighted by Crippen LogP contribution is -2.40. The van der Waals surface area contributed by atoms with Crippen molar-refractivity contribution in [3.05, 3.63) is 35.4 Å². The Labute approximate surface area is 126 Å². The van der Waals surface area contributed by atoms with Crippen molar-refractivity contribution in [2.24, 2.45) is 5.41 Å². The van der Waals surface area contributed by atoms with Gasteiger partial charge in [0, 0.05) is 5.56 Å². The molecule has 0 bridgehead atoms. The fourth-order valence-corrected chi connectivity index (χ4v) is 2.22. The standard InChI is InChI=1S/C17H25NO3/c1-5-7-14(16(20)21)18-15(19)13-9-6-8-12(10-13)11-17(2,3)4/h6,8-10,14H,5,7,11H2,1-4H3,(H,18,19)(H,20,21)/t14-/m1/s1. The summed E-state index contributed by atoms with van der Waals surface area (Å²) in [6, 6.07) is 6.56. The fraction of sp³-hybridized carbons (Fsp3) is 0.529. The predicted octanol–water partition coefficient (Wildman–Crippen LogP) is 3.26. The van der Waals surface area contributed by atoms with Crippen molar-refractivity contribution >= 4 is 11.9 Å². The summed E-state index contributed by atoms with van der Waals surface area (Å²) in [4.78, 5) is 23.3. The van der Waals surface area contributed by atoms with E-state index in [4.69, 9.17) is 5.11 Å². The van der Waals surface area contributed by atoms with Gasteiger partial charge in [0.1, 0.15) is 6.04 Å². The van der Waals surface area contributed by atoms with Crippen LogP contribution in [0.1, 0.15) is 56.5 Å². The number of hydrogen-bond donors (Lipinski definition) is 2. The van der Waals surface area contributed by atoms with E-state index in [0.29, 0.717) is 18.4 Å². The summed E-state index contributed by atoms with van der Waals surface area (Å²) in [5, 5.41) is 11.7. The average Bonchev–Trinajstić information content (AvgIpc) is 2.36. The van der Waals surface area contributed by atoms with E-state index in [0.717, 1.165) is 12.0 Å². The Morgan fingerprint density at radius 1 is 1.29 bits per heavy atom. The van der Waals surface area contributed by atoms with Crippen molar-refractivity contribution in [2.45, 2.75) is 53.0 Å². The van der Waals surface area contributed by atoms with E-state index in [1.165, 1.54) is 0 Å². The monoisotopic (exact) mass is 291 g/mol. The van der Waals surface area contributed by atoms with Crippen LogP contribution in [0.25, 0.3) is 0 Å². The number of nitrogens with one attached hydrogen (secondary N) is 1. The van der Waals surface area contributed by atoms with Crippen LogP contribution in [0.5, 0.6) is 0 Å². The molecule has 0 aromatic heterocycles. The summed E-state index contributed by atoms with van der Waals surface area (Å²) >= 11 is 0. The van der Waals surface area contributed by atoms with E-state index >= 15 is 0 Å². The van der Waals surface area contributed by atoms with E-state index in [-0.39, 0.29) is 11.3 Å². The van der Waals surface area contributed by atoms with Gasteiger partial charge in [-0.25, -0.2) is 4.79 Å². The van der Waals surface area contributed by atoms with Gasteiger partial charge < -0.3 is 10.4 Å². The molecule has 0 aliphatic rings. The second kappa shape index (κ2) is 7.25. The van der Waals surface area contributed by atoms with Gasteiger partial charge >= 0.3 is 5.97 Å². The molecule has 0 spiro atoms. The molecule has 1 aromatic carbocycles. The first kappa shape index (κ1) is 17.2. The number of benzene rings is 1.